The maximum atomic E-state index is 12.6. The molecule has 0 aromatic heterocycles. The fourth-order valence-electron chi connectivity index (χ4n) is 2.81. The number of rotatable bonds is 4. The van der Waals surface area contributed by atoms with E-state index in [2.05, 4.69) is 21.2 Å². The van der Waals surface area contributed by atoms with Crippen molar-refractivity contribution in [1.82, 2.24) is 4.90 Å². The Bertz CT molecular complexity index is 1060. The molecule has 0 spiro atoms. The van der Waals surface area contributed by atoms with Gasteiger partial charge in [-0.15, -0.1) is 0 Å². The average Bonchev–Trinajstić information content (AvgIpc) is 2.90. The first kappa shape index (κ1) is 21.1. The van der Waals surface area contributed by atoms with Gasteiger partial charge in [-0.25, -0.2) is 0 Å². The molecule has 1 aliphatic heterocycles. The van der Waals surface area contributed by atoms with Gasteiger partial charge in [-0.1, -0.05) is 6.07 Å². The van der Waals surface area contributed by atoms with Gasteiger partial charge in [0, 0.05) is 11.3 Å². The van der Waals surface area contributed by atoms with Crippen molar-refractivity contribution in [3.05, 3.63) is 62.0 Å². The van der Waals surface area contributed by atoms with Crippen LogP contribution in [0.1, 0.15) is 22.3 Å². The molecule has 8 heteroatoms. The number of phenols is 1. The normalized spacial score (nSPS) is 15.3. The van der Waals surface area contributed by atoms with E-state index < -0.39 is 17.1 Å². The van der Waals surface area contributed by atoms with E-state index in [1.165, 1.54) is 6.08 Å². The zero-order valence-corrected chi connectivity index (χ0v) is 18.5. The van der Waals surface area contributed by atoms with E-state index in [1.807, 2.05) is 32.9 Å². The zero-order chi connectivity index (χ0) is 21.3. The van der Waals surface area contributed by atoms with E-state index in [-0.39, 0.29) is 17.2 Å². The van der Waals surface area contributed by atoms with Crippen LogP contribution in [0.5, 0.6) is 5.75 Å². The second-order valence-electron chi connectivity index (χ2n) is 6.80. The van der Waals surface area contributed by atoms with Crippen LogP contribution in [0, 0.1) is 20.8 Å². The van der Waals surface area contributed by atoms with Gasteiger partial charge in [0.2, 0.25) is 5.91 Å². The maximum Gasteiger partial charge on any atom is 0.294 e. The molecule has 0 radical (unpaired) electrons. The molecule has 150 valence electrons. The summed E-state index contributed by atoms with van der Waals surface area (Å²) in [5, 5.41) is 12.4. The van der Waals surface area contributed by atoms with E-state index in [0.717, 1.165) is 33.4 Å². The first-order valence-corrected chi connectivity index (χ1v) is 10.4. The Morgan fingerprint density at radius 1 is 1.17 bits per heavy atom. The summed E-state index contributed by atoms with van der Waals surface area (Å²) in [6, 6.07) is 8.95. The van der Waals surface area contributed by atoms with E-state index in [4.69, 9.17) is 0 Å². The summed E-state index contributed by atoms with van der Waals surface area (Å²) < 4.78 is 0.496. The number of hydrogen-bond acceptors (Lipinski definition) is 5. The molecule has 0 unspecified atom stereocenters. The van der Waals surface area contributed by atoms with E-state index >= 15 is 0 Å². The van der Waals surface area contributed by atoms with Gasteiger partial charge in [-0.05, 0) is 95.5 Å². The van der Waals surface area contributed by atoms with Crippen LogP contribution in [-0.2, 0) is 9.59 Å². The lowest BCUT2D eigenvalue weighted by Gasteiger charge is -2.13. The largest absolute Gasteiger partial charge is 0.506 e. The topological polar surface area (TPSA) is 86.7 Å². The number of carbonyl (C=O) groups excluding carboxylic acids is 3. The van der Waals surface area contributed by atoms with Gasteiger partial charge in [-0.3, -0.25) is 19.3 Å². The number of carbonyl (C=O) groups is 3. The molecule has 3 amide bonds. The summed E-state index contributed by atoms with van der Waals surface area (Å²) in [7, 11) is 0. The van der Waals surface area contributed by atoms with Crippen LogP contribution in [-0.4, -0.2) is 33.6 Å². The molecule has 1 heterocycles. The molecule has 0 bridgehead atoms. The second kappa shape index (κ2) is 8.42. The highest BCUT2D eigenvalue weighted by molar-refractivity contribution is 9.10. The number of halogens is 1. The molecule has 3 rings (SSSR count). The van der Waals surface area contributed by atoms with E-state index in [0.29, 0.717) is 15.7 Å². The molecule has 2 aromatic rings. The predicted molar refractivity (Wildman–Crippen MR) is 118 cm³/mol. The first-order valence-electron chi connectivity index (χ1n) is 8.77. The van der Waals surface area contributed by atoms with Crippen LogP contribution in [0.15, 0.2) is 39.7 Å². The third-order valence-electron chi connectivity index (χ3n) is 4.49. The predicted octanol–water partition coefficient (Wildman–Crippen LogP) is 4.75. The average molecular weight is 475 g/mol. The molecule has 1 saturated heterocycles. The molecule has 1 aliphatic rings. The Morgan fingerprint density at radius 3 is 2.59 bits per heavy atom. The number of nitrogens with one attached hydrogen (secondary N) is 1. The number of phenolic OH excluding ortho intramolecular Hbond substituents is 1. The van der Waals surface area contributed by atoms with Gasteiger partial charge in [-0.2, -0.15) is 0 Å². The summed E-state index contributed by atoms with van der Waals surface area (Å²) in [5.74, 6) is -1.04. The van der Waals surface area contributed by atoms with Gasteiger partial charge in [0.05, 0.1) is 9.38 Å². The van der Waals surface area contributed by atoms with Crippen molar-refractivity contribution in [2.24, 2.45) is 0 Å². The van der Waals surface area contributed by atoms with Crippen molar-refractivity contribution in [2.45, 2.75) is 20.8 Å². The molecule has 29 heavy (non-hydrogen) atoms. The van der Waals surface area contributed by atoms with Crippen molar-refractivity contribution in [1.29, 1.82) is 0 Å². The Balaban J connectivity index is 1.75. The number of aryl methyl sites for hydroxylation is 3. The standard InChI is InChI=1S/C21H19BrN2O4S/c1-11-6-14(19(26)16(22)7-11)9-17-20(27)24(21(28)29-17)10-18(25)23-15-5-4-12(2)13(3)8-15/h4-9,26H,10H2,1-3H3,(H,23,25)/b17-9+. The van der Waals surface area contributed by atoms with Crippen molar-refractivity contribution in [2.75, 3.05) is 11.9 Å². The Kier molecular flexibility index (Phi) is 6.14. The van der Waals surface area contributed by atoms with Gasteiger partial charge in [0.15, 0.2) is 0 Å². The molecular weight excluding hydrogens is 456 g/mol. The van der Waals surface area contributed by atoms with Crippen LogP contribution in [0.3, 0.4) is 0 Å². The van der Waals surface area contributed by atoms with Gasteiger partial charge < -0.3 is 10.4 Å². The van der Waals surface area contributed by atoms with E-state index in [1.54, 1.807) is 18.2 Å². The molecule has 0 atom stereocenters. The monoisotopic (exact) mass is 474 g/mol. The minimum Gasteiger partial charge on any atom is -0.506 e. The summed E-state index contributed by atoms with van der Waals surface area (Å²) in [4.78, 5) is 38.3. The van der Waals surface area contributed by atoms with Crippen LogP contribution < -0.4 is 5.32 Å². The Labute approximate surface area is 181 Å². The molecule has 6 nitrogen and oxygen atoms in total. The number of thioether (sulfide) groups is 1. The summed E-state index contributed by atoms with van der Waals surface area (Å²) in [6.07, 6.45) is 1.46. The smallest absolute Gasteiger partial charge is 0.294 e. The van der Waals surface area contributed by atoms with Crippen molar-refractivity contribution >= 4 is 56.5 Å². The third-order valence-corrected chi connectivity index (χ3v) is 6.00. The maximum absolute atomic E-state index is 12.6. The number of benzene rings is 2. The number of anilines is 1. The number of amides is 3. The minimum atomic E-state index is -0.563. The number of imide groups is 1. The summed E-state index contributed by atoms with van der Waals surface area (Å²) >= 11 is 4.00. The summed E-state index contributed by atoms with van der Waals surface area (Å²) in [6.45, 7) is 5.38. The van der Waals surface area contributed by atoms with Crippen molar-refractivity contribution in [3.63, 3.8) is 0 Å². The van der Waals surface area contributed by atoms with Crippen LogP contribution >= 0.6 is 27.7 Å². The number of nitrogens with zero attached hydrogens (tertiary/aromatic N) is 1. The van der Waals surface area contributed by atoms with Gasteiger partial charge in [0.25, 0.3) is 11.1 Å². The highest BCUT2D eigenvalue weighted by Crippen LogP contribution is 2.36. The lowest BCUT2D eigenvalue weighted by Crippen LogP contribution is -2.36. The minimum absolute atomic E-state index is 0.0186. The molecule has 2 N–H and O–H groups in total. The first-order chi connectivity index (χ1) is 13.7. The zero-order valence-electron chi connectivity index (χ0n) is 16.1. The summed E-state index contributed by atoms with van der Waals surface area (Å²) in [5.41, 5.74) is 4.04. The highest BCUT2D eigenvalue weighted by atomic mass is 79.9. The SMILES string of the molecule is Cc1cc(Br)c(O)c(/C=C2/SC(=O)N(CC(=O)Nc3ccc(C)c(C)c3)C2=O)c1. The van der Waals surface area contributed by atoms with Gasteiger partial charge in [0.1, 0.15) is 12.3 Å². The molecule has 0 aliphatic carbocycles. The number of aromatic hydroxyl groups is 1. The molecular formula is C21H19BrN2O4S. The lowest BCUT2D eigenvalue weighted by atomic mass is 10.1. The second-order valence-corrected chi connectivity index (χ2v) is 8.65. The quantitative estimate of drug-likeness (QED) is 0.623. The third kappa shape index (κ3) is 4.71. The van der Waals surface area contributed by atoms with Crippen LogP contribution in [0.2, 0.25) is 0 Å². The molecule has 1 fully saturated rings. The lowest BCUT2D eigenvalue weighted by molar-refractivity contribution is -0.127. The Morgan fingerprint density at radius 2 is 1.90 bits per heavy atom. The van der Waals surface area contributed by atoms with Crippen LogP contribution in [0.4, 0.5) is 10.5 Å². The highest BCUT2D eigenvalue weighted by Gasteiger charge is 2.36. The van der Waals surface area contributed by atoms with Crippen molar-refractivity contribution < 1.29 is 19.5 Å². The Hall–Kier alpha value is -2.58. The fourth-order valence-corrected chi connectivity index (χ4v) is 4.23. The van der Waals surface area contributed by atoms with E-state index in [9.17, 15) is 19.5 Å². The molecule has 0 saturated carbocycles. The van der Waals surface area contributed by atoms with Gasteiger partial charge >= 0.3 is 0 Å². The van der Waals surface area contributed by atoms with Crippen LogP contribution in [0.25, 0.3) is 6.08 Å². The van der Waals surface area contributed by atoms with Crippen molar-refractivity contribution in [3.8, 4) is 5.75 Å². The molecule has 2 aromatic carbocycles. The number of hydrogen-bond donors (Lipinski definition) is 2. The fraction of sp³-hybridized carbons (Fsp3) is 0.190.